The van der Waals surface area contributed by atoms with E-state index in [4.69, 9.17) is 5.26 Å². The fraction of sp³-hybridized carbons (Fsp3) is 0.278. The van der Waals surface area contributed by atoms with Crippen LogP contribution in [0.5, 0.6) is 0 Å². The molecule has 2 aromatic rings. The summed E-state index contributed by atoms with van der Waals surface area (Å²) in [5.41, 5.74) is 3.74. The number of aryl methyl sites for hydroxylation is 1. The third-order valence-corrected chi connectivity index (χ3v) is 3.77. The molecule has 1 amide bonds. The average molecular weight is 325 g/mol. The van der Waals surface area contributed by atoms with Crippen LogP contribution in [-0.2, 0) is 9.53 Å². The van der Waals surface area contributed by atoms with Gasteiger partial charge in [-0.3, -0.25) is 9.59 Å². The monoisotopic (exact) mass is 325 g/mol. The van der Waals surface area contributed by atoms with Crippen LogP contribution in [0.1, 0.15) is 33.7 Å². The topological polar surface area (TPSA) is 84.1 Å². The number of nitrogens with zero attached hydrogens (tertiary/aromatic N) is 2. The average Bonchev–Trinajstić information content (AvgIpc) is 2.89. The van der Waals surface area contributed by atoms with E-state index in [1.807, 2.05) is 30.5 Å². The molecule has 1 N–H and O–H groups in total. The van der Waals surface area contributed by atoms with Crippen molar-refractivity contribution in [3.05, 3.63) is 52.8 Å². The van der Waals surface area contributed by atoms with Gasteiger partial charge in [0.15, 0.2) is 0 Å². The van der Waals surface area contributed by atoms with E-state index in [0.717, 1.165) is 17.1 Å². The molecule has 24 heavy (non-hydrogen) atoms. The van der Waals surface area contributed by atoms with Crippen LogP contribution < -0.4 is 5.32 Å². The number of methoxy groups -OCH3 is 1. The van der Waals surface area contributed by atoms with Crippen molar-refractivity contribution in [1.29, 1.82) is 5.26 Å². The SMILES string of the molecule is COC(=O)CCNC(=O)c1cc(C)n(-c2ccc(C#N)cc2)c1C. The largest absolute Gasteiger partial charge is 0.469 e. The van der Waals surface area contributed by atoms with Gasteiger partial charge < -0.3 is 14.6 Å². The second-order valence-electron chi connectivity index (χ2n) is 5.36. The van der Waals surface area contributed by atoms with Crippen LogP contribution in [0.25, 0.3) is 5.69 Å². The molecule has 0 saturated heterocycles. The highest BCUT2D eigenvalue weighted by Crippen LogP contribution is 2.21. The zero-order valence-corrected chi connectivity index (χ0v) is 13.9. The highest BCUT2D eigenvalue weighted by atomic mass is 16.5. The number of ether oxygens (including phenoxy) is 1. The zero-order valence-electron chi connectivity index (χ0n) is 13.9. The van der Waals surface area contributed by atoms with Crippen LogP contribution in [-0.4, -0.2) is 30.1 Å². The third kappa shape index (κ3) is 3.63. The van der Waals surface area contributed by atoms with E-state index >= 15 is 0 Å². The summed E-state index contributed by atoms with van der Waals surface area (Å²) in [5, 5.41) is 11.6. The molecule has 0 aliphatic heterocycles. The molecule has 1 aromatic carbocycles. The van der Waals surface area contributed by atoms with Crippen molar-refractivity contribution in [1.82, 2.24) is 9.88 Å². The predicted octanol–water partition coefficient (Wildman–Crippen LogP) is 2.26. The van der Waals surface area contributed by atoms with Gasteiger partial charge in [-0.05, 0) is 44.2 Å². The summed E-state index contributed by atoms with van der Waals surface area (Å²) in [6.45, 7) is 4.00. The molecule has 0 bridgehead atoms. The molecular weight excluding hydrogens is 306 g/mol. The van der Waals surface area contributed by atoms with Crippen LogP contribution >= 0.6 is 0 Å². The molecule has 0 spiro atoms. The molecule has 0 unspecified atom stereocenters. The Hall–Kier alpha value is -3.07. The third-order valence-electron chi connectivity index (χ3n) is 3.77. The lowest BCUT2D eigenvalue weighted by Gasteiger charge is -2.10. The Labute approximate surface area is 140 Å². The minimum Gasteiger partial charge on any atom is -0.469 e. The number of nitrogens with one attached hydrogen (secondary N) is 1. The lowest BCUT2D eigenvalue weighted by molar-refractivity contribution is -0.140. The van der Waals surface area contributed by atoms with Crippen LogP contribution in [0.3, 0.4) is 0 Å². The highest BCUT2D eigenvalue weighted by molar-refractivity contribution is 5.96. The molecule has 0 aliphatic carbocycles. The van der Waals surface area contributed by atoms with Gasteiger partial charge in [-0.2, -0.15) is 5.26 Å². The zero-order chi connectivity index (χ0) is 17.7. The summed E-state index contributed by atoms with van der Waals surface area (Å²) in [7, 11) is 1.31. The number of aromatic nitrogens is 1. The van der Waals surface area contributed by atoms with Gasteiger partial charge in [0.2, 0.25) is 0 Å². The van der Waals surface area contributed by atoms with Gasteiger partial charge in [-0.25, -0.2) is 0 Å². The van der Waals surface area contributed by atoms with Crippen molar-refractivity contribution in [3.63, 3.8) is 0 Å². The van der Waals surface area contributed by atoms with Gasteiger partial charge in [0.05, 0.1) is 30.7 Å². The van der Waals surface area contributed by atoms with Crippen molar-refractivity contribution in [3.8, 4) is 11.8 Å². The van der Waals surface area contributed by atoms with E-state index in [0.29, 0.717) is 11.1 Å². The Balaban J connectivity index is 2.20. The second kappa shape index (κ2) is 7.47. The van der Waals surface area contributed by atoms with Crippen LogP contribution in [0.4, 0.5) is 0 Å². The minimum absolute atomic E-state index is 0.136. The number of amides is 1. The van der Waals surface area contributed by atoms with E-state index in [-0.39, 0.29) is 24.8 Å². The number of esters is 1. The first-order valence-corrected chi connectivity index (χ1v) is 7.52. The maximum absolute atomic E-state index is 12.3. The fourth-order valence-electron chi connectivity index (χ4n) is 2.55. The molecule has 0 aliphatic rings. The van der Waals surface area contributed by atoms with Crippen molar-refractivity contribution in [2.24, 2.45) is 0 Å². The van der Waals surface area contributed by atoms with Crippen molar-refractivity contribution in [2.75, 3.05) is 13.7 Å². The number of hydrogen-bond acceptors (Lipinski definition) is 4. The summed E-state index contributed by atoms with van der Waals surface area (Å²) in [5.74, 6) is -0.592. The number of benzene rings is 1. The van der Waals surface area contributed by atoms with Crippen molar-refractivity contribution >= 4 is 11.9 Å². The first kappa shape index (κ1) is 17.3. The quantitative estimate of drug-likeness (QED) is 0.855. The molecule has 6 nitrogen and oxygen atoms in total. The lowest BCUT2D eigenvalue weighted by Crippen LogP contribution is -2.26. The van der Waals surface area contributed by atoms with Crippen molar-refractivity contribution in [2.45, 2.75) is 20.3 Å². The number of carbonyl (C=O) groups is 2. The fourth-order valence-corrected chi connectivity index (χ4v) is 2.55. The highest BCUT2D eigenvalue weighted by Gasteiger charge is 2.16. The smallest absolute Gasteiger partial charge is 0.307 e. The van der Waals surface area contributed by atoms with E-state index in [1.54, 1.807) is 18.2 Å². The molecule has 1 aromatic heterocycles. The molecule has 6 heteroatoms. The van der Waals surface area contributed by atoms with Gasteiger partial charge in [0.1, 0.15) is 0 Å². The van der Waals surface area contributed by atoms with E-state index in [9.17, 15) is 9.59 Å². The molecule has 0 atom stereocenters. The Kier molecular flexibility index (Phi) is 5.38. The molecule has 124 valence electrons. The van der Waals surface area contributed by atoms with E-state index in [1.165, 1.54) is 7.11 Å². The Morgan fingerprint density at radius 3 is 2.50 bits per heavy atom. The lowest BCUT2D eigenvalue weighted by atomic mass is 10.2. The molecule has 0 saturated carbocycles. The summed E-state index contributed by atoms with van der Waals surface area (Å²) in [6, 6.07) is 11.1. The van der Waals surface area contributed by atoms with E-state index < -0.39 is 0 Å². The van der Waals surface area contributed by atoms with Crippen LogP contribution in [0.15, 0.2) is 30.3 Å². The Morgan fingerprint density at radius 2 is 1.92 bits per heavy atom. The minimum atomic E-state index is -0.363. The first-order chi connectivity index (χ1) is 11.5. The summed E-state index contributed by atoms with van der Waals surface area (Å²) >= 11 is 0. The van der Waals surface area contributed by atoms with Gasteiger partial charge in [0, 0.05) is 23.6 Å². The molecule has 0 fully saturated rings. The van der Waals surface area contributed by atoms with Gasteiger partial charge in [-0.15, -0.1) is 0 Å². The normalized spacial score (nSPS) is 10.1. The van der Waals surface area contributed by atoms with Gasteiger partial charge in [0.25, 0.3) is 5.91 Å². The summed E-state index contributed by atoms with van der Waals surface area (Å²) in [4.78, 5) is 23.4. The number of nitriles is 1. The molecule has 1 heterocycles. The number of carbonyl (C=O) groups excluding carboxylic acids is 2. The van der Waals surface area contributed by atoms with Gasteiger partial charge in [-0.1, -0.05) is 0 Å². The number of rotatable bonds is 5. The predicted molar refractivity (Wildman–Crippen MR) is 88.9 cm³/mol. The Morgan fingerprint density at radius 1 is 1.25 bits per heavy atom. The first-order valence-electron chi connectivity index (χ1n) is 7.52. The number of hydrogen-bond donors (Lipinski definition) is 1. The van der Waals surface area contributed by atoms with E-state index in [2.05, 4.69) is 16.1 Å². The van der Waals surface area contributed by atoms with Crippen LogP contribution in [0.2, 0.25) is 0 Å². The van der Waals surface area contributed by atoms with Gasteiger partial charge >= 0.3 is 5.97 Å². The Bertz CT molecular complexity index is 798. The summed E-state index contributed by atoms with van der Waals surface area (Å²) in [6.07, 6.45) is 0.136. The van der Waals surface area contributed by atoms with Crippen LogP contribution in [0, 0.1) is 25.2 Å². The standard InChI is InChI=1S/C18H19N3O3/c1-12-10-16(18(23)20-9-8-17(22)24-3)13(2)21(12)15-6-4-14(11-19)5-7-15/h4-7,10H,8-9H2,1-3H3,(H,20,23). The van der Waals surface area contributed by atoms with Crippen molar-refractivity contribution < 1.29 is 14.3 Å². The molecular formula is C18H19N3O3. The maximum Gasteiger partial charge on any atom is 0.307 e. The summed E-state index contributed by atoms with van der Waals surface area (Å²) < 4.78 is 6.50. The second-order valence-corrected chi connectivity index (χ2v) is 5.36. The maximum atomic E-state index is 12.3. The molecule has 2 rings (SSSR count). The molecule has 0 radical (unpaired) electrons.